The fraction of sp³-hybridized carbons (Fsp3) is 0.143. The highest BCUT2D eigenvalue weighted by molar-refractivity contribution is 5.94. The van der Waals surface area contributed by atoms with Crippen molar-refractivity contribution in [3.05, 3.63) is 87.7 Å². The topological polar surface area (TPSA) is 71.2 Å². The number of carbonyl (C=O) groups excluding carboxylic acids is 1. The summed E-state index contributed by atoms with van der Waals surface area (Å²) in [4.78, 5) is 27.4. The quantitative estimate of drug-likeness (QED) is 0.743. The number of amides is 1. The molecule has 0 saturated heterocycles. The summed E-state index contributed by atoms with van der Waals surface area (Å²) in [6.07, 6.45) is 0. The molecule has 2 aromatic carbocycles. The van der Waals surface area contributed by atoms with Crippen LogP contribution in [0.15, 0.2) is 65.5 Å². The molecular formula is C21H20N2O3. The lowest BCUT2D eigenvalue weighted by Crippen LogP contribution is -2.29. The third-order valence-corrected chi connectivity index (χ3v) is 4.13. The Morgan fingerprint density at radius 1 is 1.00 bits per heavy atom. The molecule has 0 aliphatic rings. The van der Waals surface area contributed by atoms with E-state index >= 15 is 0 Å². The van der Waals surface area contributed by atoms with Crippen LogP contribution in [0.25, 0.3) is 11.3 Å². The first-order valence-electron chi connectivity index (χ1n) is 8.28. The summed E-state index contributed by atoms with van der Waals surface area (Å²) >= 11 is 0. The van der Waals surface area contributed by atoms with Crippen LogP contribution in [0.5, 0.6) is 5.75 Å². The van der Waals surface area contributed by atoms with Gasteiger partial charge < -0.3 is 15.0 Å². The van der Waals surface area contributed by atoms with Gasteiger partial charge in [-0.3, -0.25) is 9.59 Å². The molecule has 1 amide bonds. The molecule has 0 unspecified atom stereocenters. The standard InChI is InChI=1S/C21H20N2O3/c1-14-3-7-16(8-4-14)19-12-11-18(21(25)23-19)20(24)22-13-15-5-9-17(26-2)10-6-15/h3-12H,13H2,1-2H3,(H,22,24)(H,23,25). The van der Waals surface area contributed by atoms with Crippen molar-refractivity contribution >= 4 is 5.91 Å². The molecule has 0 spiro atoms. The maximum atomic E-state index is 12.3. The van der Waals surface area contributed by atoms with E-state index in [1.807, 2.05) is 55.5 Å². The zero-order valence-electron chi connectivity index (χ0n) is 14.7. The number of hydrogen-bond acceptors (Lipinski definition) is 3. The van der Waals surface area contributed by atoms with Crippen molar-refractivity contribution in [3.8, 4) is 17.0 Å². The van der Waals surface area contributed by atoms with Crippen LogP contribution in [0.4, 0.5) is 0 Å². The van der Waals surface area contributed by atoms with Gasteiger partial charge >= 0.3 is 0 Å². The van der Waals surface area contributed by atoms with Crippen molar-refractivity contribution in [2.45, 2.75) is 13.5 Å². The first-order chi connectivity index (χ1) is 12.6. The zero-order chi connectivity index (χ0) is 18.5. The Labute approximate surface area is 151 Å². The van der Waals surface area contributed by atoms with Gasteiger partial charge in [0.25, 0.3) is 11.5 Å². The van der Waals surface area contributed by atoms with Gasteiger partial charge in [-0.2, -0.15) is 0 Å². The van der Waals surface area contributed by atoms with E-state index in [0.29, 0.717) is 12.2 Å². The van der Waals surface area contributed by atoms with E-state index in [2.05, 4.69) is 10.3 Å². The van der Waals surface area contributed by atoms with Gasteiger partial charge in [-0.1, -0.05) is 42.0 Å². The molecular weight excluding hydrogens is 328 g/mol. The molecule has 3 rings (SSSR count). The lowest BCUT2D eigenvalue weighted by atomic mass is 10.1. The Morgan fingerprint density at radius 3 is 2.31 bits per heavy atom. The average Bonchev–Trinajstić information content (AvgIpc) is 2.67. The van der Waals surface area contributed by atoms with Crippen LogP contribution in [-0.2, 0) is 6.54 Å². The summed E-state index contributed by atoms with van der Waals surface area (Å²) in [6.45, 7) is 2.34. The van der Waals surface area contributed by atoms with Gasteiger partial charge in [0.1, 0.15) is 11.3 Å². The van der Waals surface area contributed by atoms with Crippen LogP contribution in [0.3, 0.4) is 0 Å². The number of carbonyl (C=O) groups is 1. The van der Waals surface area contributed by atoms with E-state index in [4.69, 9.17) is 4.74 Å². The van der Waals surface area contributed by atoms with Crippen LogP contribution in [-0.4, -0.2) is 18.0 Å². The van der Waals surface area contributed by atoms with E-state index in [1.54, 1.807) is 19.2 Å². The number of rotatable bonds is 5. The molecule has 0 atom stereocenters. The molecule has 0 saturated carbocycles. The Hall–Kier alpha value is -3.34. The third-order valence-electron chi connectivity index (χ3n) is 4.13. The largest absolute Gasteiger partial charge is 0.497 e. The van der Waals surface area contributed by atoms with Crippen LogP contribution in [0.1, 0.15) is 21.5 Å². The second kappa shape index (κ2) is 7.70. The maximum absolute atomic E-state index is 12.3. The Morgan fingerprint density at radius 2 is 1.69 bits per heavy atom. The number of benzene rings is 2. The zero-order valence-corrected chi connectivity index (χ0v) is 14.7. The third kappa shape index (κ3) is 4.00. The second-order valence-electron chi connectivity index (χ2n) is 6.01. The minimum atomic E-state index is -0.407. The number of aryl methyl sites for hydroxylation is 1. The smallest absolute Gasteiger partial charge is 0.261 e. The molecule has 132 valence electrons. The number of H-pyrrole nitrogens is 1. The van der Waals surface area contributed by atoms with Crippen molar-refractivity contribution in [3.63, 3.8) is 0 Å². The highest BCUT2D eigenvalue weighted by atomic mass is 16.5. The van der Waals surface area contributed by atoms with Crippen LogP contribution < -0.4 is 15.6 Å². The fourth-order valence-corrected chi connectivity index (χ4v) is 2.57. The minimum Gasteiger partial charge on any atom is -0.497 e. The predicted octanol–water partition coefficient (Wildman–Crippen LogP) is 3.29. The number of methoxy groups -OCH3 is 1. The monoisotopic (exact) mass is 348 g/mol. The molecule has 0 fully saturated rings. The van der Waals surface area contributed by atoms with Crippen molar-refractivity contribution < 1.29 is 9.53 Å². The van der Waals surface area contributed by atoms with E-state index in [-0.39, 0.29) is 5.56 Å². The van der Waals surface area contributed by atoms with Crippen molar-refractivity contribution in [2.24, 2.45) is 0 Å². The van der Waals surface area contributed by atoms with Gasteiger partial charge in [-0.25, -0.2) is 0 Å². The lowest BCUT2D eigenvalue weighted by Gasteiger charge is -2.07. The molecule has 1 heterocycles. The normalized spacial score (nSPS) is 10.4. The number of aromatic amines is 1. The van der Waals surface area contributed by atoms with Crippen LogP contribution in [0, 0.1) is 6.92 Å². The Kier molecular flexibility index (Phi) is 5.17. The number of nitrogens with one attached hydrogen (secondary N) is 2. The molecule has 2 N–H and O–H groups in total. The summed E-state index contributed by atoms with van der Waals surface area (Å²) < 4.78 is 5.10. The van der Waals surface area contributed by atoms with E-state index in [9.17, 15) is 9.59 Å². The molecule has 0 aliphatic carbocycles. The van der Waals surface area contributed by atoms with Crippen molar-refractivity contribution in [1.29, 1.82) is 0 Å². The average molecular weight is 348 g/mol. The van der Waals surface area contributed by atoms with Gasteiger partial charge in [0.2, 0.25) is 0 Å². The molecule has 3 aromatic rings. The summed E-state index contributed by atoms with van der Waals surface area (Å²) in [6, 6.07) is 18.5. The van der Waals surface area contributed by atoms with Crippen LogP contribution in [0.2, 0.25) is 0 Å². The first kappa shape index (κ1) is 17.5. The van der Waals surface area contributed by atoms with E-state index < -0.39 is 11.5 Å². The Bertz CT molecular complexity index is 958. The highest BCUT2D eigenvalue weighted by Gasteiger charge is 2.11. The molecule has 0 radical (unpaired) electrons. The summed E-state index contributed by atoms with van der Waals surface area (Å²) in [5, 5.41) is 2.76. The van der Waals surface area contributed by atoms with Gasteiger partial charge in [0.15, 0.2) is 0 Å². The molecule has 0 aliphatic heterocycles. The van der Waals surface area contributed by atoms with Gasteiger partial charge in [-0.15, -0.1) is 0 Å². The summed E-state index contributed by atoms with van der Waals surface area (Å²) in [7, 11) is 1.60. The SMILES string of the molecule is COc1ccc(CNC(=O)c2ccc(-c3ccc(C)cc3)[nH]c2=O)cc1. The molecule has 1 aromatic heterocycles. The number of pyridine rings is 1. The van der Waals surface area contributed by atoms with E-state index in [1.165, 1.54) is 0 Å². The van der Waals surface area contributed by atoms with E-state index in [0.717, 1.165) is 22.4 Å². The molecule has 5 nitrogen and oxygen atoms in total. The first-order valence-corrected chi connectivity index (χ1v) is 8.28. The highest BCUT2D eigenvalue weighted by Crippen LogP contribution is 2.16. The maximum Gasteiger partial charge on any atom is 0.261 e. The number of ether oxygens (including phenoxy) is 1. The van der Waals surface area contributed by atoms with Gasteiger partial charge in [0.05, 0.1) is 7.11 Å². The predicted molar refractivity (Wildman–Crippen MR) is 101 cm³/mol. The van der Waals surface area contributed by atoms with Crippen LogP contribution >= 0.6 is 0 Å². The number of hydrogen-bond donors (Lipinski definition) is 2. The lowest BCUT2D eigenvalue weighted by molar-refractivity contribution is 0.0949. The number of aromatic nitrogens is 1. The van der Waals surface area contributed by atoms with Gasteiger partial charge in [0, 0.05) is 12.2 Å². The molecule has 5 heteroatoms. The summed E-state index contributed by atoms with van der Waals surface area (Å²) in [5.41, 5.74) is 3.33. The molecule has 0 bridgehead atoms. The minimum absolute atomic E-state index is 0.0920. The second-order valence-corrected chi connectivity index (χ2v) is 6.01. The van der Waals surface area contributed by atoms with Crippen molar-refractivity contribution in [2.75, 3.05) is 7.11 Å². The summed E-state index contributed by atoms with van der Waals surface area (Å²) in [5.74, 6) is 0.348. The molecule has 26 heavy (non-hydrogen) atoms. The van der Waals surface area contributed by atoms with Gasteiger partial charge in [-0.05, 0) is 42.3 Å². The Balaban J connectivity index is 1.71. The van der Waals surface area contributed by atoms with Crippen molar-refractivity contribution in [1.82, 2.24) is 10.3 Å². The fourth-order valence-electron chi connectivity index (χ4n) is 2.57.